The lowest BCUT2D eigenvalue weighted by Gasteiger charge is -2.23. The van der Waals surface area contributed by atoms with Gasteiger partial charge in [-0.05, 0) is 47.6 Å². The number of anilines is 2. The van der Waals surface area contributed by atoms with Gasteiger partial charge in [0.05, 0.1) is 46.7 Å². The molecule has 43 heavy (non-hydrogen) atoms. The summed E-state index contributed by atoms with van der Waals surface area (Å²) in [5.41, 5.74) is 3.79. The quantitative estimate of drug-likeness (QED) is 0.210. The van der Waals surface area contributed by atoms with Crippen molar-refractivity contribution in [1.29, 1.82) is 5.26 Å². The molecule has 0 aliphatic heterocycles. The van der Waals surface area contributed by atoms with Gasteiger partial charge in [-0.15, -0.1) is 5.10 Å². The molecule has 222 valence electrons. The number of aromatic nitrogens is 5. The molecule has 0 fully saturated rings. The Morgan fingerprint density at radius 1 is 1.16 bits per heavy atom. The summed E-state index contributed by atoms with van der Waals surface area (Å²) in [5, 5.41) is 28.4. The van der Waals surface area contributed by atoms with Crippen LogP contribution in [0.1, 0.15) is 56.6 Å². The van der Waals surface area contributed by atoms with Crippen molar-refractivity contribution in [3.8, 4) is 6.07 Å². The molecule has 10 nitrogen and oxygen atoms in total. The van der Waals surface area contributed by atoms with E-state index in [4.69, 9.17) is 16.3 Å². The van der Waals surface area contributed by atoms with Crippen molar-refractivity contribution in [3.63, 3.8) is 0 Å². The molecule has 5 aromatic rings. The van der Waals surface area contributed by atoms with E-state index >= 15 is 0 Å². The Morgan fingerprint density at radius 3 is 2.67 bits per heavy atom. The summed E-state index contributed by atoms with van der Waals surface area (Å²) in [7, 11) is 3.38. The Hall–Kier alpha value is -4.46. The maximum absolute atomic E-state index is 13.0. The zero-order chi connectivity index (χ0) is 30.9. The summed E-state index contributed by atoms with van der Waals surface area (Å²) in [5.74, 6) is 0. The van der Waals surface area contributed by atoms with Crippen LogP contribution in [0.15, 0.2) is 59.8 Å². The minimum atomic E-state index is -0.495. The van der Waals surface area contributed by atoms with E-state index in [9.17, 15) is 10.1 Å². The highest BCUT2D eigenvalue weighted by Crippen LogP contribution is 2.37. The number of hydrogen-bond acceptors (Lipinski definition) is 8. The fourth-order valence-electron chi connectivity index (χ4n) is 5.06. The summed E-state index contributed by atoms with van der Waals surface area (Å²) in [4.78, 5) is 17.5. The molecule has 3 heterocycles. The Balaban J connectivity index is 1.67. The highest BCUT2D eigenvalue weighted by atomic mass is 35.5. The highest BCUT2D eigenvalue weighted by molar-refractivity contribution is 6.35. The smallest absolute Gasteiger partial charge is 0.258 e. The molecule has 0 amide bonds. The Morgan fingerprint density at radius 2 is 1.95 bits per heavy atom. The third-order valence-corrected chi connectivity index (χ3v) is 7.59. The molecule has 0 aliphatic rings. The first-order valence-electron chi connectivity index (χ1n) is 14.0. The molecule has 11 heteroatoms. The lowest BCUT2D eigenvalue weighted by molar-refractivity contribution is 0.156. The van der Waals surface area contributed by atoms with Crippen molar-refractivity contribution >= 4 is 44.7 Å². The van der Waals surface area contributed by atoms with Crippen molar-refractivity contribution in [1.82, 2.24) is 24.5 Å². The van der Waals surface area contributed by atoms with E-state index in [1.54, 1.807) is 35.8 Å². The maximum Gasteiger partial charge on any atom is 0.258 e. The van der Waals surface area contributed by atoms with E-state index in [0.717, 1.165) is 16.3 Å². The molecule has 5 rings (SSSR count). The number of pyridine rings is 2. The summed E-state index contributed by atoms with van der Waals surface area (Å²) < 4.78 is 8.65. The van der Waals surface area contributed by atoms with Gasteiger partial charge in [-0.2, -0.15) is 5.26 Å². The number of ether oxygens (including phenoxy) is 1. The summed E-state index contributed by atoms with van der Waals surface area (Å²) in [6, 6.07) is 13.1. The minimum absolute atomic E-state index is 0.0235. The van der Waals surface area contributed by atoms with Crippen LogP contribution in [0.4, 0.5) is 11.4 Å². The molecular formula is C32H35ClN8O2. The third kappa shape index (κ3) is 6.19. The largest absolute Gasteiger partial charge is 0.383 e. The average molecular weight is 599 g/mol. The number of methoxy groups -OCH3 is 1. The van der Waals surface area contributed by atoms with Gasteiger partial charge in [0, 0.05) is 49.6 Å². The maximum atomic E-state index is 13.0. The molecule has 2 unspecified atom stereocenters. The first-order chi connectivity index (χ1) is 20.5. The SMILES string of the molecule is COCC(C)n1cc(C(Nc2cc(Cl)c3ncc(C#N)c(NCC(C)(C)C)c3c2)c2cccc3c(=O)n(C)ccc23)nn1. The van der Waals surface area contributed by atoms with E-state index in [0.29, 0.717) is 51.7 Å². The number of benzene rings is 2. The fraction of sp³-hybridized carbons (Fsp3) is 0.344. The number of hydrogen-bond donors (Lipinski definition) is 2. The van der Waals surface area contributed by atoms with Crippen molar-refractivity contribution in [2.45, 2.75) is 39.8 Å². The number of halogens is 1. The van der Waals surface area contributed by atoms with Gasteiger partial charge in [0.15, 0.2) is 0 Å². The number of nitrogens with one attached hydrogen (secondary N) is 2. The van der Waals surface area contributed by atoms with Crippen LogP contribution in [-0.4, -0.2) is 44.8 Å². The Labute approximate surface area is 255 Å². The molecule has 0 radical (unpaired) electrons. The van der Waals surface area contributed by atoms with Crippen LogP contribution in [0.5, 0.6) is 0 Å². The second kappa shape index (κ2) is 12.0. The van der Waals surface area contributed by atoms with Crippen LogP contribution in [0.3, 0.4) is 0 Å². The number of fused-ring (bicyclic) bond motifs is 2. The molecule has 0 saturated carbocycles. The van der Waals surface area contributed by atoms with Gasteiger partial charge in [0.1, 0.15) is 11.8 Å². The van der Waals surface area contributed by atoms with Crippen LogP contribution in [0.25, 0.3) is 21.7 Å². The third-order valence-electron chi connectivity index (χ3n) is 7.30. The second-order valence-electron chi connectivity index (χ2n) is 12.0. The van der Waals surface area contributed by atoms with Gasteiger partial charge >= 0.3 is 0 Å². The number of aryl methyl sites for hydroxylation is 1. The normalized spacial score (nSPS) is 13.2. The van der Waals surface area contributed by atoms with E-state index in [1.807, 2.05) is 49.5 Å². The molecular weight excluding hydrogens is 564 g/mol. The molecule has 0 saturated heterocycles. The van der Waals surface area contributed by atoms with E-state index < -0.39 is 6.04 Å². The first-order valence-corrected chi connectivity index (χ1v) is 14.4. The summed E-state index contributed by atoms with van der Waals surface area (Å²) in [6.07, 6.45) is 5.19. The Bertz CT molecular complexity index is 1900. The van der Waals surface area contributed by atoms with Gasteiger partial charge in [-0.3, -0.25) is 9.78 Å². The van der Waals surface area contributed by atoms with E-state index in [1.165, 1.54) is 0 Å². The number of nitriles is 1. The second-order valence-corrected chi connectivity index (χ2v) is 12.4. The highest BCUT2D eigenvalue weighted by Gasteiger charge is 2.23. The van der Waals surface area contributed by atoms with Crippen LogP contribution >= 0.6 is 11.6 Å². The molecule has 3 aromatic heterocycles. The van der Waals surface area contributed by atoms with Crippen molar-refractivity contribution in [2.75, 3.05) is 30.9 Å². The van der Waals surface area contributed by atoms with Crippen LogP contribution in [-0.2, 0) is 11.8 Å². The zero-order valence-electron chi connectivity index (χ0n) is 25.1. The lowest BCUT2D eigenvalue weighted by atomic mass is 9.96. The molecule has 0 spiro atoms. The average Bonchev–Trinajstić information content (AvgIpc) is 3.46. The first kappa shape index (κ1) is 30.0. The predicted octanol–water partition coefficient (Wildman–Crippen LogP) is 6.07. The molecule has 2 atom stereocenters. The van der Waals surface area contributed by atoms with Gasteiger partial charge in [0.2, 0.25) is 0 Å². The van der Waals surface area contributed by atoms with Crippen LogP contribution in [0.2, 0.25) is 5.02 Å². The molecule has 0 bridgehead atoms. The number of rotatable bonds is 9. The summed E-state index contributed by atoms with van der Waals surface area (Å²) >= 11 is 6.81. The van der Waals surface area contributed by atoms with Gasteiger partial charge in [-0.1, -0.05) is 49.7 Å². The van der Waals surface area contributed by atoms with Crippen molar-refractivity contribution in [3.05, 3.63) is 87.2 Å². The monoisotopic (exact) mass is 598 g/mol. The van der Waals surface area contributed by atoms with Gasteiger partial charge in [-0.25, -0.2) is 4.68 Å². The summed E-state index contributed by atoms with van der Waals surface area (Å²) in [6.45, 7) is 9.49. The predicted molar refractivity (Wildman–Crippen MR) is 171 cm³/mol. The standard InChI is InChI=1S/C32H35ClN8O2/c1-19(17-43-6)41-16-27(38-39-41)30(23-8-7-9-24-22(23)10-11-40(5)31(24)42)37-21-12-25-28(36-18-32(2,3)4)20(14-34)15-35-29(25)26(33)13-21/h7-13,15-16,19,30,37H,17-18H2,1-6H3,(H,35,36). The molecule has 2 N–H and O–H groups in total. The van der Waals surface area contributed by atoms with E-state index in [-0.39, 0.29) is 17.0 Å². The topological polar surface area (TPSA) is 123 Å². The van der Waals surface area contributed by atoms with Crippen LogP contribution in [0, 0.1) is 16.7 Å². The van der Waals surface area contributed by atoms with Crippen molar-refractivity contribution < 1.29 is 4.74 Å². The minimum Gasteiger partial charge on any atom is -0.383 e. The zero-order valence-corrected chi connectivity index (χ0v) is 25.9. The van der Waals surface area contributed by atoms with E-state index in [2.05, 4.69) is 52.8 Å². The van der Waals surface area contributed by atoms with Crippen LogP contribution < -0.4 is 16.2 Å². The lowest BCUT2D eigenvalue weighted by Crippen LogP contribution is -2.20. The van der Waals surface area contributed by atoms with Gasteiger partial charge in [0.25, 0.3) is 5.56 Å². The Kier molecular flexibility index (Phi) is 8.40. The fourth-order valence-corrected chi connectivity index (χ4v) is 5.32. The number of nitrogens with zero attached hydrogens (tertiary/aromatic N) is 6. The van der Waals surface area contributed by atoms with Gasteiger partial charge < -0.3 is 19.9 Å². The van der Waals surface area contributed by atoms with Crippen molar-refractivity contribution in [2.24, 2.45) is 12.5 Å². The molecule has 2 aromatic carbocycles. The molecule has 0 aliphatic carbocycles.